The van der Waals surface area contributed by atoms with E-state index in [1.165, 1.54) is 5.56 Å². The zero-order chi connectivity index (χ0) is 13.6. The van der Waals surface area contributed by atoms with Crippen LogP contribution < -0.4 is 4.74 Å². The highest BCUT2D eigenvalue weighted by Crippen LogP contribution is 2.30. The van der Waals surface area contributed by atoms with E-state index in [-0.39, 0.29) is 8.80 Å². The van der Waals surface area contributed by atoms with Gasteiger partial charge in [-0.05, 0) is 29.5 Å². The predicted octanol–water partition coefficient (Wildman–Crippen LogP) is 4.72. The van der Waals surface area contributed by atoms with Gasteiger partial charge in [0.2, 0.25) is 0 Å². The monoisotopic (exact) mass is 261 g/mol. The van der Waals surface area contributed by atoms with Crippen LogP contribution in [0, 0.1) is 0 Å². The molecule has 0 N–H and O–H groups in total. The van der Waals surface area contributed by atoms with Gasteiger partial charge in [-0.25, -0.2) is 0 Å². The van der Waals surface area contributed by atoms with E-state index < -0.39 is 0 Å². The lowest BCUT2D eigenvalue weighted by atomic mass is 10.1. The average Bonchev–Trinajstić information content (AvgIpc) is 2.34. The van der Waals surface area contributed by atoms with E-state index in [1.54, 1.807) is 0 Å². The number of ether oxygens (including phenoxy) is 1. The van der Waals surface area contributed by atoms with Gasteiger partial charge in [0.05, 0.1) is 15.4 Å². The molecule has 0 aliphatic heterocycles. The molecule has 0 saturated heterocycles. The first-order valence-corrected chi connectivity index (χ1v) is 9.09. The molecular formula is C16H25OSi. The zero-order valence-electron chi connectivity index (χ0n) is 12.1. The molecule has 1 radical (unpaired) electrons. The topological polar surface area (TPSA) is 9.23 Å². The molecule has 0 fully saturated rings. The lowest BCUT2D eigenvalue weighted by Crippen LogP contribution is -2.27. The molecule has 1 nitrogen and oxygen atoms in total. The van der Waals surface area contributed by atoms with Crippen LogP contribution in [0.1, 0.15) is 25.8 Å². The van der Waals surface area contributed by atoms with Crippen molar-refractivity contribution in [3.63, 3.8) is 0 Å². The van der Waals surface area contributed by atoms with Crippen molar-refractivity contribution in [3.05, 3.63) is 42.5 Å². The van der Waals surface area contributed by atoms with Crippen LogP contribution in [-0.2, 0) is 6.42 Å². The first-order chi connectivity index (χ1) is 8.47. The fourth-order valence-corrected chi connectivity index (χ4v) is 1.87. The fourth-order valence-electron chi connectivity index (χ4n) is 1.51. The maximum atomic E-state index is 6.05. The van der Waals surface area contributed by atoms with Crippen LogP contribution in [0.4, 0.5) is 0 Å². The third-order valence-electron chi connectivity index (χ3n) is 3.53. The van der Waals surface area contributed by atoms with Gasteiger partial charge in [-0.1, -0.05) is 51.2 Å². The lowest BCUT2D eigenvalue weighted by Gasteiger charge is -2.28. The summed E-state index contributed by atoms with van der Waals surface area (Å²) in [6.45, 7) is 13.9. The molecule has 0 bridgehead atoms. The SMILES string of the molecule is C=CCCc1ccccc1OCC(C)(C)[Si](C)C. The second kappa shape index (κ2) is 6.79. The molecule has 0 heterocycles. The van der Waals surface area contributed by atoms with Crippen LogP contribution in [0.15, 0.2) is 36.9 Å². The molecule has 0 aliphatic rings. The van der Waals surface area contributed by atoms with E-state index in [9.17, 15) is 0 Å². The van der Waals surface area contributed by atoms with E-state index in [2.05, 4.69) is 51.7 Å². The Morgan fingerprint density at radius 3 is 2.56 bits per heavy atom. The fraction of sp³-hybridized carbons (Fsp3) is 0.500. The first-order valence-electron chi connectivity index (χ1n) is 6.59. The summed E-state index contributed by atoms with van der Waals surface area (Å²) < 4.78 is 6.05. The molecule has 0 amide bonds. The van der Waals surface area contributed by atoms with Gasteiger partial charge in [0, 0.05) is 0 Å². The minimum absolute atomic E-state index is 0.302. The van der Waals surface area contributed by atoms with Crippen LogP contribution >= 0.6 is 0 Å². The third kappa shape index (κ3) is 4.34. The van der Waals surface area contributed by atoms with Crippen LogP contribution in [0.3, 0.4) is 0 Å². The van der Waals surface area contributed by atoms with E-state index in [1.807, 2.05) is 12.1 Å². The van der Waals surface area contributed by atoms with Crippen molar-refractivity contribution in [2.75, 3.05) is 6.61 Å². The molecule has 1 rings (SSSR count). The largest absolute Gasteiger partial charge is 0.493 e. The van der Waals surface area contributed by atoms with Crippen LogP contribution in [-0.4, -0.2) is 15.4 Å². The molecule has 1 aromatic rings. The van der Waals surface area contributed by atoms with Gasteiger partial charge in [0.15, 0.2) is 0 Å². The highest BCUT2D eigenvalue weighted by atomic mass is 28.3. The van der Waals surface area contributed by atoms with Gasteiger partial charge < -0.3 is 4.74 Å². The van der Waals surface area contributed by atoms with Gasteiger partial charge in [-0.3, -0.25) is 0 Å². The second-order valence-electron chi connectivity index (χ2n) is 5.61. The molecule has 99 valence electrons. The van der Waals surface area contributed by atoms with Crippen molar-refractivity contribution >= 4 is 8.80 Å². The van der Waals surface area contributed by atoms with Gasteiger partial charge in [-0.2, -0.15) is 0 Å². The summed E-state index contributed by atoms with van der Waals surface area (Å²) in [6.07, 6.45) is 3.97. The Morgan fingerprint density at radius 1 is 1.28 bits per heavy atom. The maximum Gasteiger partial charge on any atom is 0.122 e. The van der Waals surface area contributed by atoms with E-state index in [0.29, 0.717) is 5.04 Å². The van der Waals surface area contributed by atoms with Gasteiger partial charge in [0.25, 0.3) is 0 Å². The zero-order valence-corrected chi connectivity index (χ0v) is 13.1. The lowest BCUT2D eigenvalue weighted by molar-refractivity contribution is 0.274. The molecule has 0 spiro atoms. The van der Waals surface area contributed by atoms with Crippen LogP contribution in [0.25, 0.3) is 0 Å². The van der Waals surface area contributed by atoms with Crippen molar-refractivity contribution in [1.29, 1.82) is 0 Å². The number of hydrogen-bond acceptors (Lipinski definition) is 1. The second-order valence-corrected chi connectivity index (χ2v) is 8.96. The maximum absolute atomic E-state index is 6.05. The van der Waals surface area contributed by atoms with Crippen molar-refractivity contribution in [1.82, 2.24) is 0 Å². The highest BCUT2D eigenvalue weighted by Gasteiger charge is 2.24. The van der Waals surface area contributed by atoms with Crippen molar-refractivity contribution in [2.24, 2.45) is 0 Å². The van der Waals surface area contributed by atoms with Gasteiger partial charge in [-0.15, -0.1) is 6.58 Å². The number of benzene rings is 1. The normalized spacial score (nSPS) is 11.6. The number of para-hydroxylation sites is 1. The summed E-state index contributed by atoms with van der Waals surface area (Å²) >= 11 is 0. The predicted molar refractivity (Wildman–Crippen MR) is 82.0 cm³/mol. The molecule has 0 saturated carbocycles. The Kier molecular flexibility index (Phi) is 5.67. The summed E-state index contributed by atoms with van der Waals surface area (Å²) in [5, 5.41) is 0.302. The van der Waals surface area contributed by atoms with E-state index in [0.717, 1.165) is 25.2 Å². The summed E-state index contributed by atoms with van der Waals surface area (Å²) in [6, 6.07) is 8.34. The molecule has 0 aliphatic carbocycles. The van der Waals surface area contributed by atoms with E-state index >= 15 is 0 Å². The van der Waals surface area contributed by atoms with Crippen LogP contribution in [0.2, 0.25) is 18.1 Å². The summed E-state index contributed by atoms with van der Waals surface area (Å²) in [5.74, 6) is 1.04. The van der Waals surface area contributed by atoms with Gasteiger partial charge >= 0.3 is 0 Å². The molecule has 0 unspecified atom stereocenters. The minimum Gasteiger partial charge on any atom is -0.493 e. The summed E-state index contributed by atoms with van der Waals surface area (Å²) in [5.41, 5.74) is 1.29. The Morgan fingerprint density at radius 2 is 1.94 bits per heavy atom. The van der Waals surface area contributed by atoms with Crippen molar-refractivity contribution < 1.29 is 4.74 Å². The number of hydrogen-bond donors (Lipinski definition) is 0. The number of aryl methyl sites for hydroxylation is 1. The molecule has 1 aromatic carbocycles. The Balaban J connectivity index is 2.69. The smallest absolute Gasteiger partial charge is 0.122 e. The van der Waals surface area contributed by atoms with Gasteiger partial charge in [0.1, 0.15) is 5.75 Å². The molecule has 0 aromatic heterocycles. The first kappa shape index (κ1) is 15.0. The molecule has 18 heavy (non-hydrogen) atoms. The Labute approximate surface area is 113 Å². The number of rotatable bonds is 7. The standard InChI is InChI=1S/C16H25OSi/c1-6-7-10-14-11-8-9-12-15(14)17-13-16(2,3)18(4)5/h6,8-9,11-12H,1,7,10,13H2,2-5H3. The molecule has 0 atom stereocenters. The van der Waals surface area contributed by atoms with Crippen molar-refractivity contribution in [3.8, 4) is 5.75 Å². The quantitative estimate of drug-likeness (QED) is 0.510. The highest BCUT2D eigenvalue weighted by molar-refractivity contribution is 6.59. The average molecular weight is 261 g/mol. The number of allylic oxidation sites excluding steroid dienone is 1. The van der Waals surface area contributed by atoms with E-state index in [4.69, 9.17) is 4.74 Å². The third-order valence-corrected chi connectivity index (χ3v) is 6.38. The summed E-state index contributed by atoms with van der Waals surface area (Å²) in [7, 11) is -0.351. The molecular weight excluding hydrogens is 236 g/mol. The summed E-state index contributed by atoms with van der Waals surface area (Å²) in [4.78, 5) is 0. The Bertz CT molecular complexity index is 382. The van der Waals surface area contributed by atoms with Crippen molar-refractivity contribution in [2.45, 2.75) is 44.8 Å². The Hall–Kier alpha value is -1.02. The molecule has 2 heteroatoms. The van der Waals surface area contributed by atoms with Crippen LogP contribution in [0.5, 0.6) is 5.75 Å². The minimum atomic E-state index is -0.351.